The summed E-state index contributed by atoms with van der Waals surface area (Å²) >= 11 is 12.0. The highest BCUT2D eigenvalue weighted by Crippen LogP contribution is 2.33. The third kappa shape index (κ3) is 4.92. The van der Waals surface area contributed by atoms with Gasteiger partial charge in [-0.1, -0.05) is 23.2 Å². The second-order valence-corrected chi connectivity index (χ2v) is 8.19. The molecule has 10 nitrogen and oxygen atoms in total. The van der Waals surface area contributed by atoms with Gasteiger partial charge in [0.1, 0.15) is 17.3 Å². The Morgan fingerprint density at radius 3 is 2.50 bits per heavy atom. The van der Waals surface area contributed by atoms with Gasteiger partial charge < -0.3 is 25.4 Å². The summed E-state index contributed by atoms with van der Waals surface area (Å²) in [6, 6.07) is 9.61. The van der Waals surface area contributed by atoms with Crippen LogP contribution in [0.15, 0.2) is 41.2 Å². The van der Waals surface area contributed by atoms with Crippen molar-refractivity contribution in [2.24, 2.45) is 0 Å². The first-order valence-corrected chi connectivity index (χ1v) is 10.7. The average Bonchev–Trinajstić information content (AvgIpc) is 2.77. The van der Waals surface area contributed by atoms with Crippen molar-refractivity contribution in [3.8, 4) is 11.5 Å². The lowest BCUT2D eigenvalue weighted by Gasteiger charge is -2.24. The molecule has 34 heavy (non-hydrogen) atoms. The van der Waals surface area contributed by atoms with Gasteiger partial charge in [-0.3, -0.25) is 19.4 Å². The minimum absolute atomic E-state index is 0.0200. The molecule has 0 fully saturated rings. The van der Waals surface area contributed by atoms with E-state index in [0.717, 1.165) is 0 Å². The number of amides is 2. The standard InChI is InChI=1S/C22H19Cl2N5O5/c1-33-13-3-4-16(34-2)15(8-13)26-20(31)14-9-17(30)27-19-18(14)21(32)29-22(28-19)25-12-6-10(23)5-11(24)7-12/h3-8,14H,9H2,1-2H3,(H,26,31)(H3,25,27,28,29,30,32). The fourth-order valence-corrected chi connectivity index (χ4v) is 4.07. The molecule has 1 aromatic heterocycles. The van der Waals surface area contributed by atoms with E-state index in [1.807, 2.05) is 0 Å². The molecule has 176 valence electrons. The van der Waals surface area contributed by atoms with Gasteiger partial charge in [0, 0.05) is 28.2 Å². The molecule has 0 aliphatic carbocycles. The first-order valence-electron chi connectivity index (χ1n) is 9.97. The lowest BCUT2D eigenvalue weighted by molar-refractivity contribution is -0.123. The summed E-state index contributed by atoms with van der Waals surface area (Å²) in [5.74, 6) is -1.20. The van der Waals surface area contributed by atoms with Crippen molar-refractivity contribution in [3.63, 3.8) is 0 Å². The molecule has 2 aromatic carbocycles. The molecule has 1 aliphatic heterocycles. The molecular weight excluding hydrogens is 485 g/mol. The number of nitrogens with zero attached hydrogens (tertiary/aromatic N) is 1. The number of methoxy groups -OCH3 is 2. The molecule has 4 N–H and O–H groups in total. The van der Waals surface area contributed by atoms with Gasteiger partial charge in [0.2, 0.25) is 17.8 Å². The fraction of sp³-hybridized carbons (Fsp3) is 0.182. The Balaban J connectivity index is 1.65. The molecule has 2 heterocycles. The van der Waals surface area contributed by atoms with Crippen molar-refractivity contribution in [2.45, 2.75) is 12.3 Å². The third-order valence-corrected chi connectivity index (χ3v) is 5.49. The number of hydrogen-bond donors (Lipinski definition) is 4. The van der Waals surface area contributed by atoms with Crippen LogP contribution in [0, 0.1) is 0 Å². The number of fused-ring (bicyclic) bond motifs is 1. The number of anilines is 4. The quantitative estimate of drug-likeness (QED) is 0.400. The fourth-order valence-electron chi connectivity index (χ4n) is 3.55. The molecule has 0 radical (unpaired) electrons. The maximum absolute atomic E-state index is 13.1. The molecule has 2 amide bonds. The number of aromatic nitrogens is 2. The number of carbonyl (C=O) groups excluding carboxylic acids is 2. The Bertz CT molecular complexity index is 1320. The van der Waals surface area contributed by atoms with E-state index in [0.29, 0.717) is 32.9 Å². The number of ether oxygens (including phenoxy) is 2. The predicted octanol–water partition coefficient (Wildman–Crippen LogP) is 3.90. The zero-order valence-corrected chi connectivity index (χ0v) is 19.5. The monoisotopic (exact) mass is 503 g/mol. The SMILES string of the molecule is COc1ccc(OC)c(NC(=O)C2CC(=O)Nc3nc(Nc4cc(Cl)cc(Cl)c4)[nH]c(=O)c32)c1. The Morgan fingerprint density at radius 2 is 1.82 bits per heavy atom. The van der Waals surface area contributed by atoms with Crippen LogP contribution >= 0.6 is 23.2 Å². The van der Waals surface area contributed by atoms with Crippen molar-refractivity contribution in [1.82, 2.24) is 9.97 Å². The summed E-state index contributed by atoms with van der Waals surface area (Å²) in [5, 5.41) is 8.91. The predicted molar refractivity (Wildman–Crippen MR) is 129 cm³/mol. The van der Waals surface area contributed by atoms with Gasteiger partial charge in [0.05, 0.1) is 31.4 Å². The van der Waals surface area contributed by atoms with Gasteiger partial charge in [0.25, 0.3) is 5.56 Å². The smallest absolute Gasteiger partial charge is 0.258 e. The minimum atomic E-state index is -1.08. The van der Waals surface area contributed by atoms with E-state index in [9.17, 15) is 14.4 Å². The second kappa shape index (κ2) is 9.62. The van der Waals surface area contributed by atoms with Gasteiger partial charge in [0.15, 0.2) is 0 Å². The number of halogens is 2. The summed E-state index contributed by atoms with van der Waals surface area (Å²) in [4.78, 5) is 45.3. The number of rotatable bonds is 6. The first-order chi connectivity index (χ1) is 16.3. The molecule has 1 aliphatic rings. The highest BCUT2D eigenvalue weighted by molar-refractivity contribution is 6.35. The van der Waals surface area contributed by atoms with Crippen molar-refractivity contribution in [2.75, 3.05) is 30.2 Å². The van der Waals surface area contributed by atoms with Crippen LogP contribution < -0.4 is 31.0 Å². The highest BCUT2D eigenvalue weighted by Gasteiger charge is 2.35. The molecule has 0 spiro atoms. The number of aromatic amines is 1. The third-order valence-electron chi connectivity index (χ3n) is 5.06. The van der Waals surface area contributed by atoms with Crippen LogP contribution in [0.25, 0.3) is 0 Å². The summed E-state index contributed by atoms with van der Waals surface area (Å²) in [6.07, 6.45) is -0.230. The zero-order valence-electron chi connectivity index (χ0n) is 18.0. The van der Waals surface area contributed by atoms with E-state index in [1.165, 1.54) is 14.2 Å². The van der Waals surface area contributed by atoms with E-state index in [4.69, 9.17) is 32.7 Å². The largest absolute Gasteiger partial charge is 0.497 e. The Morgan fingerprint density at radius 1 is 1.09 bits per heavy atom. The normalized spacial score (nSPS) is 14.6. The van der Waals surface area contributed by atoms with Crippen LogP contribution in [0.1, 0.15) is 17.9 Å². The molecule has 12 heteroatoms. The molecular formula is C22H19Cl2N5O5. The lowest BCUT2D eigenvalue weighted by atomic mass is 9.92. The number of H-pyrrole nitrogens is 1. The van der Waals surface area contributed by atoms with Crippen LogP contribution in [0.5, 0.6) is 11.5 Å². The second-order valence-electron chi connectivity index (χ2n) is 7.32. The van der Waals surface area contributed by atoms with Gasteiger partial charge in [-0.05, 0) is 30.3 Å². The molecule has 0 saturated heterocycles. The van der Waals surface area contributed by atoms with Crippen molar-refractivity contribution >= 4 is 58.2 Å². The zero-order chi connectivity index (χ0) is 24.4. The summed E-state index contributed by atoms with van der Waals surface area (Å²) in [6.45, 7) is 0. The minimum Gasteiger partial charge on any atom is -0.497 e. The maximum atomic E-state index is 13.1. The van der Waals surface area contributed by atoms with Crippen LogP contribution in [0.2, 0.25) is 10.0 Å². The Kier molecular flexibility index (Phi) is 6.62. The van der Waals surface area contributed by atoms with Gasteiger partial charge >= 0.3 is 0 Å². The van der Waals surface area contributed by atoms with Crippen LogP contribution in [0.4, 0.5) is 23.1 Å². The highest BCUT2D eigenvalue weighted by atomic mass is 35.5. The number of carbonyl (C=O) groups is 2. The summed E-state index contributed by atoms with van der Waals surface area (Å²) < 4.78 is 10.5. The van der Waals surface area contributed by atoms with Crippen molar-refractivity contribution < 1.29 is 19.1 Å². The number of nitrogens with one attached hydrogen (secondary N) is 4. The van der Waals surface area contributed by atoms with Crippen molar-refractivity contribution in [3.05, 3.63) is 62.4 Å². The Labute approximate surface area is 203 Å². The molecule has 0 bridgehead atoms. The van der Waals surface area contributed by atoms with Gasteiger partial charge in [-0.2, -0.15) is 4.98 Å². The molecule has 4 rings (SSSR count). The lowest BCUT2D eigenvalue weighted by Crippen LogP contribution is -2.36. The van der Waals surface area contributed by atoms with E-state index in [-0.39, 0.29) is 23.8 Å². The van der Waals surface area contributed by atoms with Crippen LogP contribution in [0.3, 0.4) is 0 Å². The van der Waals surface area contributed by atoms with Gasteiger partial charge in [-0.15, -0.1) is 0 Å². The van der Waals surface area contributed by atoms with Crippen LogP contribution in [-0.2, 0) is 9.59 Å². The number of benzene rings is 2. The number of hydrogen-bond acceptors (Lipinski definition) is 7. The summed E-state index contributed by atoms with van der Waals surface area (Å²) in [5.41, 5.74) is 0.258. The van der Waals surface area contributed by atoms with E-state index in [2.05, 4.69) is 25.9 Å². The molecule has 0 saturated carbocycles. The van der Waals surface area contributed by atoms with E-state index in [1.54, 1.807) is 36.4 Å². The Hall–Kier alpha value is -3.76. The molecule has 1 atom stereocenters. The first kappa shape index (κ1) is 23.4. The van der Waals surface area contributed by atoms with Crippen LogP contribution in [-0.4, -0.2) is 36.0 Å². The topological polar surface area (TPSA) is 134 Å². The van der Waals surface area contributed by atoms with Gasteiger partial charge in [-0.25, -0.2) is 0 Å². The molecule has 3 aromatic rings. The average molecular weight is 504 g/mol. The maximum Gasteiger partial charge on any atom is 0.258 e. The molecule has 1 unspecified atom stereocenters. The summed E-state index contributed by atoms with van der Waals surface area (Å²) in [7, 11) is 2.94. The van der Waals surface area contributed by atoms with E-state index < -0.39 is 23.3 Å². The van der Waals surface area contributed by atoms with E-state index >= 15 is 0 Å². The van der Waals surface area contributed by atoms with Crippen molar-refractivity contribution in [1.29, 1.82) is 0 Å².